The summed E-state index contributed by atoms with van der Waals surface area (Å²) in [5.74, 6) is -0.0289. The first-order valence-electron chi connectivity index (χ1n) is 3.85. The van der Waals surface area contributed by atoms with Crippen LogP contribution in [0.4, 0.5) is 0 Å². The highest BCUT2D eigenvalue weighted by Gasteiger charge is 2.46. The number of nitrogens with zero attached hydrogens (tertiary/aromatic N) is 1. The zero-order chi connectivity index (χ0) is 8.72. The SMILES string of the molecule is O=C(O)C1CCS[C@@H]2CC(=O)N12. The number of hydrogen-bond acceptors (Lipinski definition) is 3. The first kappa shape index (κ1) is 7.91. The molecule has 2 saturated heterocycles. The minimum atomic E-state index is -0.867. The Morgan fingerprint density at radius 3 is 2.92 bits per heavy atom. The Kier molecular flexibility index (Phi) is 1.75. The van der Waals surface area contributed by atoms with E-state index in [1.54, 1.807) is 11.8 Å². The third-order valence-corrected chi connectivity index (χ3v) is 3.52. The highest BCUT2D eigenvalue weighted by Crippen LogP contribution is 2.37. The van der Waals surface area contributed by atoms with E-state index in [0.29, 0.717) is 12.8 Å². The Morgan fingerprint density at radius 1 is 1.67 bits per heavy atom. The molecule has 2 atom stereocenters. The van der Waals surface area contributed by atoms with Crippen molar-refractivity contribution in [2.75, 3.05) is 5.75 Å². The van der Waals surface area contributed by atoms with Crippen LogP contribution in [-0.4, -0.2) is 39.1 Å². The maximum atomic E-state index is 11.0. The molecule has 66 valence electrons. The molecule has 4 nitrogen and oxygen atoms in total. The summed E-state index contributed by atoms with van der Waals surface area (Å²) in [4.78, 5) is 23.2. The molecule has 2 rings (SSSR count). The van der Waals surface area contributed by atoms with Crippen LogP contribution >= 0.6 is 11.8 Å². The molecule has 0 aromatic carbocycles. The van der Waals surface area contributed by atoms with Crippen LogP contribution in [0.15, 0.2) is 0 Å². The number of thioether (sulfide) groups is 1. The quantitative estimate of drug-likeness (QED) is 0.593. The van der Waals surface area contributed by atoms with Crippen molar-refractivity contribution < 1.29 is 14.7 Å². The van der Waals surface area contributed by atoms with Gasteiger partial charge in [0.15, 0.2) is 0 Å². The molecule has 0 spiro atoms. The summed E-state index contributed by atoms with van der Waals surface area (Å²) < 4.78 is 0. The minimum Gasteiger partial charge on any atom is -0.480 e. The van der Waals surface area contributed by atoms with Crippen LogP contribution in [0.5, 0.6) is 0 Å². The lowest BCUT2D eigenvalue weighted by molar-refractivity contribution is -0.158. The number of carbonyl (C=O) groups is 2. The van der Waals surface area contributed by atoms with Crippen LogP contribution in [0.1, 0.15) is 12.8 Å². The lowest BCUT2D eigenvalue weighted by Crippen LogP contribution is -2.60. The van der Waals surface area contributed by atoms with Crippen LogP contribution in [0, 0.1) is 0 Å². The summed E-state index contributed by atoms with van der Waals surface area (Å²) in [5.41, 5.74) is 0. The van der Waals surface area contributed by atoms with Gasteiger partial charge in [-0.2, -0.15) is 0 Å². The molecule has 1 amide bonds. The van der Waals surface area contributed by atoms with Gasteiger partial charge in [0.1, 0.15) is 6.04 Å². The number of aliphatic carboxylic acids is 1. The summed E-state index contributed by atoms with van der Waals surface area (Å²) >= 11 is 1.68. The molecule has 0 bridgehead atoms. The second-order valence-electron chi connectivity index (χ2n) is 2.97. The molecule has 1 N–H and O–H groups in total. The van der Waals surface area contributed by atoms with Crippen molar-refractivity contribution in [3.63, 3.8) is 0 Å². The second kappa shape index (κ2) is 2.65. The smallest absolute Gasteiger partial charge is 0.326 e. The molecule has 0 radical (unpaired) electrons. The Hall–Kier alpha value is -0.710. The van der Waals surface area contributed by atoms with E-state index in [1.807, 2.05) is 0 Å². The van der Waals surface area contributed by atoms with Gasteiger partial charge in [-0.1, -0.05) is 0 Å². The third kappa shape index (κ3) is 0.998. The van der Waals surface area contributed by atoms with E-state index in [4.69, 9.17) is 5.11 Å². The number of carboxylic acid groups (broad SMARTS) is 1. The summed E-state index contributed by atoms with van der Waals surface area (Å²) in [6.45, 7) is 0. The van der Waals surface area contributed by atoms with Crippen molar-refractivity contribution in [3.05, 3.63) is 0 Å². The maximum absolute atomic E-state index is 11.0. The van der Waals surface area contributed by atoms with Gasteiger partial charge in [-0.3, -0.25) is 4.79 Å². The summed E-state index contributed by atoms with van der Waals surface area (Å²) in [6.07, 6.45) is 1.11. The average Bonchev–Trinajstić information content (AvgIpc) is 2.01. The van der Waals surface area contributed by atoms with E-state index >= 15 is 0 Å². The Bertz CT molecular complexity index is 235. The fourth-order valence-corrected chi connectivity index (χ4v) is 2.93. The van der Waals surface area contributed by atoms with Gasteiger partial charge >= 0.3 is 5.97 Å². The topological polar surface area (TPSA) is 57.6 Å². The molecule has 0 saturated carbocycles. The van der Waals surface area contributed by atoms with Crippen LogP contribution in [0.3, 0.4) is 0 Å². The molecular formula is C7H9NO3S. The number of rotatable bonds is 1. The highest BCUT2D eigenvalue weighted by molar-refractivity contribution is 8.00. The van der Waals surface area contributed by atoms with E-state index in [9.17, 15) is 9.59 Å². The van der Waals surface area contributed by atoms with Gasteiger partial charge in [-0.05, 0) is 12.2 Å². The van der Waals surface area contributed by atoms with Gasteiger partial charge in [0.2, 0.25) is 5.91 Å². The molecule has 2 aliphatic heterocycles. The standard InChI is InChI=1S/C7H9NO3S/c9-5-3-6-8(5)4(7(10)11)1-2-12-6/h4,6H,1-3H2,(H,10,11)/t4?,6-/m1/s1. The van der Waals surface area contributed by atoms with Crippen molar-refractivity contribution in [2.24, 2.45) is 0 Å². The molecule has 0 aromatic rings. The van der Waals surface area contributed by atoms with Crippen LogP contribution in [-0.2, 0) is 9.59 Å². The van der Waals surface area contributed by atoms with Crippen molar-refractivity contribution in [3.8, 4) is 0 Å². The van der Waals surface area contributed by atoms with E-state index in [0.717, 1.165) is 5.75 Å². The zero-order valence-electron chi connectivity index (χ0n) is 6.40. The van der Waals surface area contributed by atoms with Crippen LogP contribution in [0.2, 0.25) is 0 Å². The zero-order valence-corrected chi connectivity index (χ0v) is 7.21. The summed E-state index contributed by atoms with van der Waals surface area (Å²) in [5, 5.41) is 8.92. The average molecular weight is 187 g/mol. The molecular weight excluding hydrogens is 178 g/mol. The fourth-order valence-electron chi connectivity index (χ4n) is 1.61. The molecule has 2 heterocycles. The first-order valence-corrected chi connectivity index (χ1v) is 4.90. The van der Waals surface area contributed by atoms with E-state index < -0.39 is 12.0 Å². The number of β-lactam (4-membered cyclic amide) rings is 1. The maximum Gasteiger partial charge on any atom is 0.326 e. The Morgan fingerprint density at radius 2 is 2.42 bits per heavy atom. The van der Waals surface area contributed by atoms with Gasteiger partial charge < -0.3 is 10.0 Å². The number of fused-ring (bicyclic) bond motifs is 1. The lowest BCUT2D eigenvalue weighted by atomic mass is 10.1. The van der Waals surface area contributed by atoms with Gasteiger partial charge in [0.05, 0.1) is 11.8 Å². The van der Waals surface area contributed by atoms with Crippen molar-refractivity contribution in [1.29, 1.82) is 0 Å². The highest BCUT2D eigenvalue weighted by atomic mass is 32.2. The van der Waals surface area contributed by atoms with Crippen LogP contribution in [0.25, 0.3) is 0 Å². The third-order valence-electron chi connectivity index (χ3n) is 2.27. The molecule has 2 fully saturated rings. The van der Waals surface area contributed by atoms with Crippen molar-refractivity contribution in [1.82, 2.24) is 4.90 Å². The van der Waals surface area contributed by atoms with E-state index in [1.165, 1.54) is 4.90 Å². The summed E-state index contributed by atoms with van der Waals surface area (Å²) in [6, 6.07) is -0.558. The number of carboxylic acids is 1. The lowest BCUT2D eigenvalue weighted by Gasteiger charge is -2.46. The molecule has 2 aliphatic rings. The number of hydrogen-bond donors (Lipinski definition) is 1. The van der Waals surface area contributed by atoms with E-state index in [2.05, 4.69) is 0 Å². The molecule has 1 unspecified atom stereocenters. The fraction of sp³-hybridized carbons (Fsp3) is 0.714. The molecule has 12 heavy (non-hydrogen) atoms. The molecule has 0 aliphatic carbocycles. The monoisotopic (exact) mass is 187 g/mol. The minimum absolute atomic E-state index is 0.0143. The normalized spacial score (nSPS) is 34.0. The Balaban J connectivity index is 2.12. The summed E-state index contributed by atoms with van der Waals surface area (Å²) in [7, 11) is 0. The van der Waals surface area contributed by atoms with E-state index in [-0.39, 0.29) is 11.3 Å². The van der Waals surface area contributed by atoms with Gasteiger partial charge in [0.25, 0.3) is 0 Å². The molecule has 0 aromatic heterocycles. The van der Waals surface area contributed by atoms with Crippen molar-refractivity contribution >= 4 is 23.6 Å². The Labute approximate surface area is 73.9 Å². The van der Waals surface area contributed by atoms with Crippen LogP contribution < -0.4 is 0 Å². The number of amides is 1. The second-order valence-corrected chi connectivity index (χ2v) is 4.26. The molecule has 5 heteroatoms. The van der Waals surface area contributed by atoms with Crippen molar-refractivity contribution in [2.45, 2.75) is 24.3 Å². The van der Waals surface area contributed by atoms with Gasteiger partial charge in [-0.15, -0.1) is 11.8 Å². The number of carbonyl (C=O) groups excluding carboxylic acids is 1. The first-order chi connectivity index (χ1) is 5.70. The van der Waals surface area contributed by atoms with Gasteiger partial charge in [0, 0.05) is 0 Å². The predicted octanol–water partition coefficient (Wildman–Crippen LogP) is 0.135. The predicted molar refractivity (Wildman–Crippen MR) is 43.7 cm³/mol. The van der Waals surface area contributed by atoms with Gasteiger partial charge in [-0.25, -0.2) is 4.79 Å². The largest absolute Gasteiger partial charge is 0.480 e.